The van der Waals surface area contributed by atoms with Crippen molar-refractivity contribution in [2.24, 2.45) is 4.99 Å². The lowest BCUT2D eigenvalue weighted by Gasteiger charge is -2.12. The number of hydrogen-bond donors (Lipinski definition) is 0. The van der Waals surface area contributed by atoms with Crippen molar-refractivity contribution < 1.29 is 9.66 Å². The largest absolute Gasteiger partial charge is 0.487 e. The fraction of sp³-hybridized carbons (Fsp3) is 0.188. The van der Waals surface area contributed by atoms with Crippen LogP contribution in [0.3, 0.4) is 0 Å². The molecule has 3 rings (SSSR count). The van der Waals surface area contributed by atoms with Crippen LogP contribution in [0.15, 0.2) is 50.3 Å². The molecule has 0 aromatic heterocycles. The summed E-state index contributed by atoms with van der Waals surface area (Å²) in [5.74, 6) is 1.71. The van der Waals surface area contributed by atoms with Crippen molar-refractivity contribution in [2.45, 2.75) is 6.61 Å². The Hall–Kier alpha value is -1.38. The third-order valence-electron chi connectivity index (χ3n) is 3.36. The number of nitro groups is 1. The zero-order valence-electron chi connectivity index (χ0n) is 12.4. The molecule has 2 aromatic carbocycles. The Balaban J connectivity index is 1.74. The maximum absolute atomic E-state index is 10.7. The molecule has 0 atom stereocenters. The van der Waals surface area contributed by atoms with Gasteiger partial charge in [-0.3, -0.25) is 15.1 Å². The van der Waals surface area contributed by atoms with Gasteiger partial charge in [-0.15, -0.1) is 11.8 Å². The minimum Gasteiger partial charge on any atom is -0.487 e. The van der Waals surface area contributed by atoms with Crippen LogP contribution in [-0.2, 0) is 6.61 Å². The van der Waals surface area contributed by atoms with Crippen LogP contribution in [0.5, 0.6) is 5.75 Å². The van der Waals surface area contributed by atoms with Gasteiger partial charge in [-0.1, -0.05) is 0 Å². The molecule has 1 aliphatic rings. The van der Waals surface area contributed by atoms with E-state index in [9.17, 15) is 10.1 Å². The quantitative estimate of drug-likeness (QED) is 0.444. The topological polar surface area (TPSA) is 64.7 Å². The highest BCUT2D eigenvalue weighted by atomic mass is 79.9. The second kappa shape index (κ2) is 7.67. The van der Waals surface area contributed by atoms with E-state index in [1.165, 1.54) is 12.1 Å². The van der Waals surface area contributed by atoms with Gasteiger partial charge < -0.3 is 4.74 Å². The summed E-state index contributed by atoms with van der Waals surface area (Å²) in [5, 5.41) is 11.7. The van der Waals surface area contributed by atoms with E-state index in [2.05, 4.69) is 36.9 Å². The third-order valence-corrected chi connectivity index (χ3v) is 5.56. The van der Waals surface area contributed by atoms with E-state index in [4.69, 9.17) is 4.74 Å². The number of aliphatic imine (C=N–C) groups is 1. The zero-order chi connectivity index (χ0) is 17.1. The van der Waals surface area contributed by atoms with Gasteiger partial charge in [0.15, 0.2) is 0 Å². The molecule has 0 aliphatic carbocycles. The van der Waals surface area contributed by atoms with Gasteiger partial charge in [0.05, 0.1) is 18.9 Å². The molecule has 0 unspecified atom stereocenters. The number of non-ortho nitro benzene ring substituents is 1. The molecule has 24 heavy (non-hydrogen) atoms. The van der Waals surface area contributed by atoms with Gasteiger partial charge in [-0.2, -0.15) is 0 Å². The van der Waals surface area contributed by atoms with E-state index in [-0.39, 0.29) is 5.69 Å². The SMILES string of the molecule is O=[N+]([O-])c1ccc(COc2c(Br)cc(C3=NCCS3)cc2Br)cc1. The lowest BCUT2D eigenvalue weighted by molar-refractivity contribution is -0.384. The minimum atomic E-state index is -0.416. The molecule has 0 amide bonds. The molecule has 0 N–H and O–H groups in total. The summed E-state index contributed by atoms with van der Waals surface area (Å²) in [7, 11) is 0. The van der Waals surface area contributed by atoms with E-state index >= 15 is 0 Å². The number of benzene rings is 2. The molecule has 8 heteroatoms. The molecule has 1 heterocycles. The number of rotatable bonds is 5. The van der Waals surface area contributed by atoms with E-state index in [1.54, 1.807) is 23.9 Å². The molecule has 0 saturated carbocycles. The highest BCUT2D eigenvalue weighted by molar-refractivity contribution is 9.11. The Morgan fingerprint density at radius 1 is 1.21 bits per heavy atom. The van der Waals surface area contributed by atoms with Gasteiger partial charge in [0.1, 0.15) is 12.4 Å². The van der Waals surface area contributed by atoms with Gasteiger partial charge in [0.25, 0.3) is 5.69 Å². The Morgan fingerprint density at radius 3 is 2.42 bits per heavy atom. The first kappa shape index (κ1) is 17.4. The van der Waals surface area contributed by atoms with E-state index < -0.39 is 4.92 Å². The molecule has 0 radical (unpaired) electrons. The van der Waals surface area contributed by atoms with Crippen molar-refractivity contribution in [3.63, 3.8) is 0 Å². The van der Waals surface area contributed by atoms with Crippen molar-refractivity contribution >= 4 is 54.4 Å². The molecule has 0 bridgehead atoms. The van der Waals surface area contributed by atoms with Crippen molar-refractivity contribution in [2.75, 3.05) is 12.3 Å². The molecule has 1 aliphatic heterocycles. The lowest BCUT2D eigenvalue weighted by Crippen LogP contribution is -1.99. The predicted octanol–water partition coefficient (Wildman–Crippen LogP) is 5.19. The highest BCUT2D eigenvalue weighted by Crippen LogP contribution is 2.37. The van der Waals surface area contributed by atoms with Crippen LogP contribution in [0.25, 0.3) is 0 Å². The molecule has 2 aromatic rings. The minimum absolute atomic E-state index is 0.0697. The molecule has 124 valence electrons. The van der Waals surface area contributed by atoms with Crippen LogP contribution in [0.4, 0.5) is 5.69 Å². The fourth-order valence-corrected chi connectivity index (χ4v) is 4.46. The number of hydrogen-bond acceptors (Lipinski definition) is 5. The van der Waals surface area contributed by atoms with E-state index in [0.717, 1.165) is 37.4 Å². The maximum Gasteiger partial charge on any atom is 0.269 e. The molecule has 5 nitrogen and oxygen atoms in total. The van der Waals surface area contributed by atoms with Gasteiger partial charge in [0, 0.05) is 30.0 Å². The summed E-state index contributed by atoms with van der Waals surface area (Å²) < 4.78 is 7.54. The van der Waals surface area contributed by atoms with Crippen molar-refractivity contribution in [3.8, 4) is 5.75 Å². The van der Waals surface area contributed by atoms with Gasteiger partial charge in [-0.05, 0) is 61.7 Å². The van der Waals surface area contributed by atoms with Crippen LogP contribution < -0.4 is 4.74 Å². The Labute approximate surface area is 159 Å². The average molecular weight is 472 g/mol. The summed E-state index contributed by atoms with van der Waals surface area (Å²) in [6.45, 7) is 1.18. The summed E-state index contributed by atoms with van der Waals surface area (Å²) in [4.78, 5) is 14.7. The van der Waals surface area contributed by atoms with Crippen molar-refractivity contribution in [3.05, 3.63) is 66.6 Å². The normalized spacial score (nSPS) is 13.7. The Kier molecular flexibility index (Phi) is 5.57. The second-order valence-electron chi connectivity index (χ2n) is 5.02. The first-order chi connectivity index (χ1) is 11.5. The number of halogens is 2. The molecular weight excluding hydrogens is 460 g/mol. The van der Waals surface area contributed by atoms with Crippen LogP contribution in [-0.4, -0.2) is 22.3 Å². The van der Waals surface area contributed by atoms with Gasteiger partial charge >= 0.3 is 0 Å². The summed E-state index contributed by atoms with van der Waals surface area (Å²) in [5.41, 5.74) is 1.98. The summed E-state index contributed by atoms with van der Waals surface area (Å²) in [6, 6.07) is 10.3. The van der Waals surface area contributed by atoms with Gasteiger partial charge in [-0.25, -0.2) is 0 Å². The monoisotopic (exact) mass is 470 g/mol. The maximum atomic E-state index is 10.7. The van der Waals surface area contributed by atoms with Crippen LogP contribution in [0, 0.1) is 10.1 Å². The Morgan fingerprint density at radius 2 is 1.88 bits per heavy atom. The van der Waals surface area contributed by atoms with Crippen LogP contribution in [0.2, 0.25) is 0 Å². The number of nitrogens with zero attached hydrogens (tertiary/aromatic N) is 2. The molecular formula is C16H12Br2N2O3S. The standard InChI is InChI=1S/C16H12Br2N2O3S/c17-13-7-11(16-19-5-6-24-16)8-14(18)15(13)23-9-10-1-3-12(4-2-10)20(21)22/h1-4,7-8H,5-6,9H2. The lowest BCUT2D eigenvalue weighted by atomic mass is 10.2. The smallest absolute Gasteiger partial charge is 0.269 e. The second-order valence-corrected chi connectivity index (χ2v) is 7.81. The van der Waals surface area contributed by atoms with Crippen LogP contribution in [0.1, 0.15) is 11.1 Å². The highest BCUT2D eigenvalue weighted by Gasteiger charge is 2.15. The molecule has 0 spiro atoms. The molecule has 0 fully saturated rings. The fourth-order valence-electron chi connectivity index (χ4n) is 2.20. The number of thioether (sulfide) groups is 1. The first-order valence-corrected chi connectivity index (χ1v) is 9.64. The number of ether oxygens (including phenoxy) is 1. The predicted molar refractivity (Wildman–Crippen MR) is 103 cm³/mol. The third kappa shape index (κ3) is 3.99. The molecule has 0 saturated heterocycles. The number of nitro benzene ring substituents is 1. The summed E-state index contributed by atoms with van der Waals surface area (Å²) in [6.07, 6.45) is 0. The van der Waals surface area contributed by atoms with E-state index in [1.807, 2.05) is 12.1 Å². The van der Waals surface area contributed by atoms with Gasteiger partial charge in [0.2, 0.25) is 0 Å². The first-order valence-electron chi connectivity index (χ1n) is 7.07. The van der Waals surface area contributed by atoms with Crippen molar-refractivity contribution in [1.29, 1.82) is 0 Å². The van der Waals surface area contributed by atoms with Crippen LogP contribution >= 0.6 is 43.6 Å². The van der Waals surface area contributed by atoms with E-state index in [0.29, 0.717) is 12.4 Å². The summed E-state index contributed by atoms with van der Waals surface area (Å²) >= 11 is 8.83. The van der Waals surface area contributed by atoms with Crippen molar-refractivity contribution in [1.82, 2.24) is 0 Å². The zero-order valence-corrected chi connectivity index (χ0v) is 16.4. The average Bonchev–Trinajstić information content (AvgIpc) is 3.09. The Bertz CT molecular complexity index is 786.